The highest BCUT2D eigenvalue weighted by molar-refractivity contribution is 7.89. The molecule has 0 saturated carbocycles. The number of carbonyl (C=O) groups is 1. The minimum atomic E-state index is -3.69. The van der Waals surface area contributed by atoms with Crippen LogP contribution in [0.1, 0.15) is 18.7 Å². The number of hydrogen-bond donors (Lipinski definition) is 0. The first-order valence-corrected chi connectivity index (χ1v) is 12.0. The van der Waals surface area contributed by atoms with Crippen molar-refractivity contribution in [2.24, 2.45) is 5.92 Å². The van der Waals surface area contributed by atoms with Gasteiger partial charge in [-0.15, -0.1) is 0 Å². The van der Waals surface area contributed by atoms with Gasteiger partial charge in [-0.25, -0.2) is 8.42 Å². The molecule has 0 spiro atoms. The van der Waals surface area contributed by atoms with Crippen molar-refractivity contribution in [3.8, 4) is 11.4 Å². The molecule has 8 nitrogen and oxygen atoms in total. The molecule has 3 aromatic rings. The molecule has 0 N–H and O–H groups in total. The number of halogens is 1. The lowest BCUT2D eigenvalue weighted by Crippen LogP contribution is -2.45. The summed E-state index contributed by atoms with van der Waals surface area (Å²) < 4.78 is 32.6. The van der Waals surface area contributed by atoms with E-state index in [9.17, 15) is 13.2 Å². The Hall–Kier alpha value is -2.75. The first-order chi connectivity index (χ1) is 15.3. The Labute approximate surface area is 191 Å². The highest BCUT2D eigenvalue weighted by atomic mass is 35.5. The van der Waals surface area contributed by atoms with E-state index in [1.165, 1.54) is 21.3 Å². The number of hydrogen-bond acceptors (Lipinski definition) is 6. The van der Waals surface area contributed by atoms with Crippen LogP contribution < -0.4 is 0 Å². The third-order valence-electron chi connectivity index (χ3n) is 5.43. The second-order valence-corrected chi connectivity index (χ2v) is 10.1. The van der Waals surface area contributed by atoms with Crippen molar-refractivity contribution in [1.29, 1.82) is 0 Å². The maximum atomic E-state index is 13.0. The fourth-order valence-corrected chi connectivity index (χ4v) is 5.38. The molecule has 0 bridgehead atoms. The molecule has 0 unspecified atom stereocenters. The molecule has 0 radical (unpaired) electrons. The van der Waals surface area contributed by atoms with Gasteiger partial charge in [-0.2, -0.15) is 9.29 Å². The van der Waals surface area contributed by atoms with Crippen LogP contribution in [0.25, 0.3) is 11.4 Å². The Balaban J connectivity index is 1.41. The predicted octanol–water partition coefficient (Wildman–Crippen LogP) is 3.45. The summed E-state index contributed by atoms with van der Waals surface area (Å²) in [6.07, 6.45) is 1.23. The van der Waals surface area contributed by atoms with E-state index in [1.807, 2.05) is 30.3 Å². The fourth-order valence-electron chi connectivity index (χ4n) is 3.73. The summed E-state index contributed by atoms with van der Waals surface area (Å²) in [5.41, 5.74) is 0.826. The van der Waals surface area contributed by atoms with Crippen molar-refractivity contribution in [3.05, 3.63) is 65.5 Å². The lowest BCUT2D eigenvalue weighted by Gasteiger charge is -2.33. The number of rotatable bonds is 6. The van der Waals surface area contributed by atoms with E-state index in [4.69, 9.17) is 16.1 Å². The topological polar surface area (TPSA) is 96.6 Å². The number of aromatic nitrogens is 2. The summed E-state index contributed by atoms with van der Waals surface area (Å²) in [7, 11) is -2.04. The van der Waals surface area contributed by atoms with Gasteiger partial charge < -0.3 is 9.42 Å². The largest absolute Gasteiger partial charge is 0.337 e. The van der Waals surface area contributed by atoms with Gasteiger partial charge in [0.25, 0.3) is 0 Å². The van der Waals surface area contributed by atoms with Crippen LogP contribution in [0.15, 0.2) is 64.0 Å². The zero-order valence-electron chi connectivity index (χ0n) is 17.5. The molecule has 1 atom stereocenters. The normalized spacial score (nSPS) is 17.2. The van der Waals surface area contributed by atoms with Crippen LogP contribution in [0.2, 0.25) is 5.02 Å². The molecule has 1 aliphatic heterocycles. The zero-order chi connectivity index (χ0) is 22.7. The van der Waals surface area contributed by atoms with Gasteiger partial charge >= 0.3 is 0 Å². The molecule has 1 saturated heterocycles. The summed E-state index contributed by atoms with van der Waals surface area (Å²) in [5, 5.41) is 4.44. The van der Waals surface area contributed by atoms with E-state index < -0.39 is 15.9 Å². The van der Waals surface area contributed by atoms with Crippen molar-refractivity contribution in [1.82, 2.24) is 19.3 Å². The zero-order valence-corrected chi connectivity index (χ0v) is 19.1. The van der Waals surface area contributed by atoms with Gasteiger partial charge in [0.1, 0.15) is 0 Å². The summed E-state index contributed by atoms with van der Waals surface area (Å²) in [6.45, 7) is 0.662. The number of benzene rings is 2. The molecule has 32 heavy (non-hydrogen) atoms. The van der Waals surface area contributed by atoms with Crippen molar-refractivity contribution in [2.75, 3.05) is 20.1 Å². The Kier molecular flexibility index (Phi) is 6.59. The number of nitrogens with zero attached hydrogens (tertiary/aromatic N) is 4. The molecule has 2 heterocycles. The van der Waals surface area contributed by atoms with E-state index in [0.717, 1.165) is 5.56 Å². The number of sulfonamides is 1. The van der Waals surface area contributed by atoms with E-state index >= 15 is 0 Å². The van der Waals surface area contributed by atoms with Gasteiger partial charge in [0.15, 0.2) is 0 Å². The molecule has 2 aromatic carbocycles. The van der Waals surface area contributed by atoms with Gasteiger partial charge in [-0.1, -0.05) is 47.1 Å². The first-order valence-electron chi connectivity index (χ1n) is 10.2. The highest BCUT2D eigenvalue weighted by Crippen LogP contribution is 2.26. The smallest absolute Gasteiger partial charge is 0.246 e. The van der Waals surface area contributed by atoms with Crippen LogP contribution >= 0.6 is 11.6 Å². The lowest BCUT2D eigenvalue weighted by atomic mass is 9.98. The summed E-state index contributed by atoms with van der Waals surface area (Å²) >= 11 is 5.87. The third-order valence-corrected chi connectivity index (χ3v) is 7.56. The number of carbonyl (C=O) groups excluding carboxylic acids is 1. The second-order valence-electron chi connectivity index (χ2n) is 7.73. The van der Waals surface area contributed by atoms with E-state index in [2.05, 4.69) is 10.1 Å². The first kappa shape index (κ1) is 22.4. The monoisotopic (exact) mass is 474 g/mol. The van der Waals surface area contributed by atoms with E-state index in [0.29, 0.717) is 36.1 Å². The number of amides is 1. The minimum Gasteiger partial charge on any atom is -0.337 e. The minimum absolute atomic E-state index is 0.132. The van der Waals surface area contributed by atoms with Crippen LogP contribution in [0.5, 0.6) is 0 Å². The number of piperidine rings is 1. The summed E-state index contributed by atoms with van der Waals surface area (Å²) in [5.74, 6) is 0.188. The maximum absolute atomic E-state index is 13.0. The second kappa shape index (κ2) is 9.40. The predicted molar refractivity (Wildman–Crippen MR) is 119 cm³/mol. The van der Waals surface area contributed by atoms with Crippen molar-refractivity contribution in [2.45, 2.75) is 24.3 Å². The fraction of sp³-hybridized carbons (Fsp3) is 0.318. The molecule has 1 amide bonds. The quantitative estimate of drug-likeness (QED) is 0.542. The standard InChI is InChI=1S/C22H23ClN4O4S/c1-26(15-20-24-21(25-31-20)16-6-3-2-4-7-16)22(28)17-8-5-13-27(14-17)32(29,30)19-11-9-18(23)10-12-19/h2-4,6-7,9-12,17H,5,8,13-15H2,1H3/t17-/m0/s1. The average Bonchev–Trinajstić information content (AvgIpc) is 3.28. The molecule has 4 rings (SSSR count). The molecular formula is C22H23ClN4O4S. The summed E-state index contributed by atoms with van der Waals surface area (Å²) in [4.78, 5) is 19.1. The van der Waals surface area contributed by atoms with Crippen LogP contribution in [-0.2, 0) is 21.4 Å². The molecule has 10 heteroatoms. The Morgan fingerprint density at radius 2 is 1.91 bits per heavy atom. The van der Waals surface area contributed by atoms with Crippen LogP contribution in [0.3, 0.4) is 0 Å². The SMILES string of the molecule is CN(Cc1nc(-c2ccccc2)no1)C(=O)[C@H]1CCCN(S(=O)(=O)c2ccc(Cl)cc2)C1. The maximum Gasteiger partial charge on any atom is 0.246 e. The molecular weight excluding hydrogens is 452 g/mol. The van der Waals surface area contributed by atoms with Gasteiger partial charge in [-0.05, 0) is 37.1 Å². The van der Waals surface area contributed by atoms with Crippen LogP contribution in [0.4, 0.5) is 0 Å². The van der Waals surface area contributed by atoms with Crippen LogP contribution in [-0.4, -0.2) is 53.8 Å². The average molecular weight is 475 g/mol. The van der Waals surface area contributed by atoms with E-state index in [1.54, 1.807) is 19.2 Å². The molecule has 1 aromatic heterocycles. The van der Waals surface area contributed by atoms with Crippen molar-refractivity contribution in [3.63, 3.8) is 0 Å². The Bertz CT molecular complexity index is 1180. The van der Waals surface area contributed by atoms with Gasteiger partial charge in [-0.3, -0.25) is 4.79 Å². The van der Waals surface area contributed by atoms with Crippen molar-refractivity contribution < 1.29 is 17.7 Å². The molecule has 1 fully saturated rings. The lowest BCUT2D eigenvalue weighted by molar-refractivity contribution is -0.136. The van der Waals surface area contributed by atoms with E-state index in [-0.39, 0.29) is 23.9 Å². The summed E-state index contributed by atoms with van der Waals surface area (Å²) in [6, 6.07) is 15.5. The van der Waals surface area contributed by atoms with Gasteiger partial charge in [0.2, 0.25) is 27.6 Å². The Morgan fingerprint density at radius 1 is 1.19 bits per heavy atom. The van der Waals surface area contributed by atoms with Crippen LogP contribution in [0, 0.1) is 5.92 Å². The van der Waals surface area contributed by atoms with Gasteiger partial charge in [0, 0.05) is 30.7 Å². The third kappa shape index (κ3) is 4.85. The molecule has 0 aliphatic carbocycles. The highest BCUT2D eigenvalue weighted by Gasteiger charge is 2.34. The molecule has 1 aliphatic rings. The molecule has 168 valence electrons. The van der Waals surface area contributed by atoms with Crippen molar-refractivity contribution >= 4 is 27.5 Å². The Morgan fingerprint density at radius 3 is 2.62 bits per heavy atom. The van der Waals surface area contributed by atoms with Gasteiger partial charge in [0.05, 0.1) is 17.4 Å².